The van der Waals surface area contributed by atoms with Crippen LogP contribution in [-0.4, -0.2) is 66.0 Å². The number of alkyl halides is 1. The molecule has 1 aromatic heterocycles. The van der Waals surface area contributed by atoms with Crippen LogP contribution in [-0.2, 0) is 4.74 Å². The normalized spacial score (nSPS) is 14.9. The van der Waals surface area contributed by atoms with Gasteiger partial charge in [-0.1, -0.05) is 0 Å². The lowest BCUT2D eigenvalue weighted by Crippen LogP contribution is -2.47. The molecular weight excluding hydrogens is 408 g/mol. The topological polar surface area (TPSA) is 135 Å². The minimum absolute atomic E-state index is 0.0865. The van der Waals surface area contributed by atoms with E-state index in [1.165, 1.54) is 0 Å². The summed E-state index contributed by atoms with van der Waals surface area (Å²) in [4.78, 5) is 24.5. The Balaban J connectivity index is 1.79. The van der Waals surface area contributed by atoms with E-state index in [2.05, 4.69) is 30.0 Å². The van der Waals surface area contributed by atoms with Crippen molar-refractivity contribution in [3.05, 3.63) is 29.8 Å². The molecule has 0 saturated carbocycles. The van der Waals surface area contributed by atoms with Crippen molar-refractivity contribution in [1.29, 1.82) is 0 Å². The lowest BCUT2D eigenvalue weighted by Gasteiger charge is -2.35. The third-order valence-electron chi connectivity index (χ3n) is 4.63. The summed E-state index contributed by atoms with van der Waals surface area (Å²) in [5, 5.41) is 8.52. The van der Waals surface area contributed by atoms with Gasteiger partial charge in [-0.15, -0.1) is 16.7 Å². The minimum Gasteiger partial charge on any atom is -0.462 e. The molecule has 2 aromatic rings. The molecule has 1 saturated heterocycles. The van der Waals surface area contributed by atoms with E-state index in [1.807, 2.05) is 0 Å². The number of ether oxygens (including phenoxy) is 1. The zero-order valence-corrected chi connectivity index (χ0v) is 17.5. The SMILES string of the molecule is CCOC(=O)c1ccc(N=Nc2c(N)nc(N)nc2N2CCN(CCCl)CC2)cc1. The highest BCUT2D eigenvalue weighted by Crippen LogP contribution is 2.34. The summed E-state index contributed by atoms with van der Waals surface area (Å²) < 4.78 is 4.98. The fraction of sp³-hybridized carbons (Fsp3) is 0.421. The fourth-order valence-electron chi connectivity index (χ4n) is 3.08. The van der Waals surface area contributed by atoms with Crippen molar-refractivity contribution in [3.63, 3.8) is 0 Å². The van der Waals surface area contributed by atoms with Crippen LogP contribution in [0, 0.1) is 0 Å². The highest BCUT2D eigenvalue weighted by Gasteiger charge is 2.22. The second-order valence-electron chi connectivity index (χ2n) is 6.62. The van der Waals surface area contributed by atoms with Crippen molar-refractivity contribution >= 4 is 46.5 Å². The van der Waals surface area contributed by atoms with Crippen LogP contribution in [0.25, 0.3) is 0 Å². The second-order valence-corrected chi connectivity index (χ2v) is 7.00. The predicted octanol–water partition coefficient (Wildman–Crippen LogP) is 2.59. The molecule has 1 aliphatic rings. The van der Waals surface area contributed by atoms with Gasteiger partial charge >= 0.3 is 5.97 Å². The Hall–Kier alpha value is -2.98. The zero-order valence-electron chi connectivity index (χ0n) is 16.8. The number of rotatable bonds is 7. The molecule has 0 atom stereocenters. The first kappa shape index (κ1) is 21.7. The smallest absolute Gasteiger partial charge is 0.338 e. The zero-order chi connectivity index (χ0) is 21.5. The first-order valence-corrected chi connectivity index (χ1v) is 10.2. The van der Waals surface area contributed by atoms with Crippen LogP contribution in [0.3, 0.4) is 0 Å². The van der Waals surface area contributed by atoms with Gasteiger partial charge in [0, 0.05) is 38.6 Å². The Morgan fingerprint density at radius 3 is 2.47 bits per heavy atom. The predicted molar refractivity (Wildman–Crippen MR) is 117 cm³/mol. The van der Waals surface area contributed by atoms with Gasteiger partial charge in [0.15, 0.2) is 17.3 Å². The monoisotopic (exact) mass is 432 g/mol. The van der Waals surface area contributed by atoms with Gasteiger partial charge in [-0.05, 0) is 31.2 Å². The number of aromatic nitrogens is 2. The Bertz CT molecular complexity index is 898. The molecule has 2 heterocycles. The van der Waals surface area contributed by atoms with E-state index in [0.29, 0.717) is 35.2 Å². The third kappa shape index (κ3) is 5.33. The summed E-state index contributed by atoms with van der Waals surface area (Å²) in [7, 11) is 0. The first-order chi connectivity index (χ1) is 14.5. The molecule has 4 N–H and O–H groups in total. The van der Waals surface area contributed by atoms with Crippen molar-refractivity contribution in [2.45, 2.75) is 6.92 Å². The van der Waals surface area contributed by atoms with Gasteiger partial charge in [0.1, 0.15) is 0 Å². The number of hydrogen-bond acceptors (Lipinski definition) is 10. The number of esters is 1. The number of carbonyl (C=O) groups is 1. The van der Waals surface area contributed by atoms with Crippen LogP contribution in [0.1, 0.15) is 17.3 Å². The van der Waals surface area contributed by atoms with E-state index >= 15 is 0 Å². The number of piperazine rings is 1. The quantitative estimate of drug-likeness (QED) is 0.387. The third-order valence-corrected chi connectivity index (χ3v) is 4.80. The van der Waals surface area contributed by atoms with Crippen molar-refractivity contribution in [3.8, 4) is 0 Å². The number of benzene rings is 1. The lowest BCUT2D eigenvalue weighted by molar-refractivity contribution is 0.0526. The molecule has 0 radical (unpaired) electrons. The Morgan fingerprint density at radius 1 is 1.13 bits per heavy atom. The summed E-state index contributed by atoms with van der Waals surface area (Å²) in [6.45, 7) is 6.10. The van der Waals surface area contributed by atoms with Crippen molar-refractivity contribution < 1.29 is 9.53 Å². The highest BCUT2D eigenvalue weighted by molar-refractivity contribution is 6.18. The van der Waals surface area contributed by atoms with Crippen molar-refractivity contribution in [2.24, 2.45) is 10.2 Å². The molecule has 0 amide bonds. The molecule has 0 aliphatic carbocycles. The van der Waals surface area contributed by atoms with Gasteiger partial charge in [-0.3, -0.25) is 4.90 Å². The van der Waals surface area contributed by atoms with Gasteiger partial charge in [0.05, 0.1) is 17.9 Å². The average Bonchev–Trinajstić information content (AvgIpc) is 2.74. The fourth-order valence-corrected chi connectivity index (χ4v) is 3.32. The number of nitrogens with two attached hydrogens (primary N) is 2. The number of nitrogens with zero attached hydrogens (tertiary/aromatic N) is 6. The average molecular weight is 433 g/mol. The molecule has 0 bridgehead atoms. The first-order valence-electron chi connectivity index (χ1n) is 9.67. The van der Waals surface area contributed by atoms with Crippen LogP contribution in [0.4, 0.5) is 29.0 Å². The number of halogens is 1. The van der Waals surface area contributed by atoms with Crippen LogP contribution in [0.2, 0.25) is 0 Å². The molecule has 0 spiro atoms. The van der Waals surface area contributed by atoms with Gasteiger partial charge < -0.3 is 21.1 Å². The van der Waals surface area contributed by atoms with E-state index in [9.17, 15) is 4.79 Å². The lowest BCUT2D eigenvalue weighted by atomic mass is 10.2. The summed E-state index contributed by atoms with van der Waals surface area (Å²) in [5.41, 5.74) is 13.2. The maximum atomic E-state index is 11.8. The second kappa shape index (κ2) is 10.2. The molecule has 11 heteroatoms. The molecule has 1 aliphatic heterocycles. The number of nitrogen functional groups attached to an aromatic ring is 2. The van der Waals surface area contributed by atoms with Crippen LogP contribution >= 0.6 is 11.6 Å². The van der Waals surface area contributed by atoms with Gasteiger partial charge in [-0.25, -0.2) is 4.79 Å². The summed E-state index contributed by atoms with van der Waals surface area (Å²) in [6.07, 6.45) is 0. The Labute approximate surface area is 179 Å². The standard InChI is InChI=1S/C19H25ClN8O2/c1-2-30-18(29)13-3-5-14(6-4-13)25-26-15-16(21)23-19(22)24-17(15)28-11-9-27(8-7-20)10-12-28/h3-6H,2,7-12H2,1H3,(H4,21,22,23,24). The van der Waals surface area contributed by atoms with Gasteiger partial charge in [-0.2, -0.15) is 15.1 Å². The highest BCUT2D eigenvalue weighted by atomic mass is 35.5. The maximum Gasteiger partial charge on any atom is 0.338 e. The molecule has 0 unspecified atom stereocenters. The molecule has 3 rings (SSSR count). The Morgan fingerprint density at radius 2 is 1.83 bits per heavy atom. The summed E-state index contributed by atoms with van der Waals surface area (Å²) in [5.74, 6) is 1.02. The Kier molecular flexibility index (Phi) is 7.36. The molecule has 1 aromatic carbocycles. The number of carbonyl (C=O) groups excluding carboxylic acids is 1. The van der Waals surface area contributed by atoms with Crippen LogP contribution in [0.15, 0.2) is 34.5 Å². The molecule has 10 nitrogen and oxygen atoms in total. The molecule has 160 valence electrons. The minimum atomic E-state index is -0.382. The van der Waals surface area contributed by atoms with E-state index in [-0.39, 0.29) is 17.7 Å². The van der Waals surface area contributed by atoms with E-state index < -0.39 is 0 Å². The van der Waals surface area contributed by atoms with E-state index in [4.69, 9.17) is 27.8 Å². The van der Waals surface area contributed by atoms with Crippen molar-refractivity contribution in [1.82, 2.24) is 14.9 Å². The summed E-state index contributed by atoms with van der Waals surface area (Å²) in [6, 6.07) is 6.61. The van der Waals surface area contributed by atoms with Gasteiger partial charge in [0.2, 0.25) is 5.95 Å². The number of anilines is 3. The van der Waals surface area contributed by atoms with E-state index in [1.54, 1.807) is 31.2 Å². The molecule has 1 fully saturated rings. The summed E-state index contributed by atoms with van der Waals surface area (Å²) >= 11 is 5.84. The van der Waals surface area contributed by atoms with Crippen LogP contribution in [0.5, 0.6) is 0 Å². The largest absolute Gasteiger partial charge is 0.462 e. The van der Waals surface area contributed by atoms with Crippen molar-refractivity contribution in [2.75, 3.05) is 61.6 Å². The van der Waals surface area contributed by atoms with Crippen LogP contribution < -0.4 is 16.4 Å². The molecular formula is C19H25ClN8O2. The van der Waals surface area contributed by atoms with E-state index in [0.717, 1.165) is 32.7 Å². The number of azo groups is 1. The maximum absolute atomic E-state index is 11.8. The van der Waals surface area contributed by atoms with Gasteiger partial charge in [0.25, 0.3) is 0 Å². The number of hydrogen-bond donors (Lipinski definition) is 2. The molecule has 30 heavy (non-hydrogen) atoms.